The van der Waals surface area contributed by atoms with Crippen molar-refractivity contribution in [3.05, 3.63) is 164 Å². The summed E-state index contributed by atoms with van der Waals surface area (Å²) in [5, 5.41) is 9.24. The van der Waals surface area contributed by atoms with Crippen molar-refractivity contribution in [2.45, 2.75) is 0 Å². The molecule has 3 heteroatoms. The van der Waals surface area contributed by atoms with E-state index >= 15 is 0 Å². The molecular weight excluding hydrogens is 574 g/mol. The first kappa shape index (κ1) is 26.0. The van der Waals surface area contributed by atoms with Crippen molar-refractivity contribution in [1.29, 1.82) is 0 Å². The SMILES string of the molecule is c1ccc(N(c2ccc3c(c2)oc2ccc4ccccc4c23)c2ccccc2-c2ccc3c(ccc4c5ccccc5oc34)c2)cc1. The lowest BCUT2D eigenvalue weighted by molar-refractivity contribution is 0.669. The van der Waals surface area contributed by atoms with Crippen LogP contribution in [-0.2, 0) is 0 Å². The van der Waals surface area contributed by atoms with Crippen LogP contribution in [0.15, 0.2) is 173 Å². The Morgan fingerprint density at radius 1 is 0.383 bits per heavy atom. The van der Waals surface area contributed by atoms with Crippen molar-refractivity contribution in [2.75, 3.05) is 4.90 Å². The zero-order chi connectivity index (χ0) is 30.9. The van der Waals surface area contributed by atoms with Crippen LogP contribution in [0.1, 0.15) is 0 Å². The van der Waals surface area contributed by atoms with Gasteiger partial charge in [0.2, 0.25) is 0 Å². The van der Waals surface area contributed by atoms with Crippen LogP contribution in [0, 0.1) is 0 Å². The largest absolute Gasteiger partial charge is 0.456 e. The summed E-state index contributed by atoms with van der Waals surface area (Å²) in [6, 6.07) is 57.8. The zero-order valence-corrected chi connectivity index (χ0v) is 25.4. The van der Waals surface area contributed by atoms with Gasteiger partial charge in [-0.1, -0.05) is 97.1 Å². The van der Waals surface area contributed by atoms with Gasteiger partial charge in [0.15, 0.2) is 0 Å². The summed E-state index contributed by atoms with van der Waals surface area (Å²) in [5.41, 5.74) is 9.09. The molecule has 2 heterocycles. The van der Waals surface area contributed by atoms with E-state index in [1.165, 1.54) is 10.8 Å². The number of para-hydroxylation sites is 3. The Hall–Kier alpha value is -6.32. The molecule has 220 valence electrons. The van der Waals surface area contributed by atoms with Gasteiger partial charge >= 0.3 is 0 Å². The Bertz CT molecular complexity index is 2810. The zero-order valence-electron chi connectivity index (χ0n) is 25.4. The molecule has 0 bridgehead atoms. The second kappa shape index (κ2) is 10.1. The van der Waals surface area contributed by atoms with Crippen LogP contribution in [-0.4, -0.2) is 0 Å². The average molecular weight is 602 g/mol. The lowest BCUT2D eigenvalue weighted by Gasteiger charge is -2.28. The van der Waals surface area contributed by atoms with Crippen molar-refractivity contribution in [3.8, 4) is 11.1 Å². The van der Waals surface area contributed by atoms with Gasteiger partial charge in [-0.25, -0.2) is 0 Å². The fourth-order valence-electron chi connectivity index (χ4n) is 7.27. The van der Waals surface area contributed by atoms with Crippen LogP contribution in [0.4, 0.5) is 17.1 Å². The summed E-state index contributed by atoms with van der Waals surface area (Å²) in [7, 11) is 0. The predicted octanol–water partition coefficient (Wildman–Crippen LogP) is 12.9. The fraction of sp³-hybridized carbons (Fsp3) is 0. The summed E-state index contributed by atoms with van der Waals surface area (Å²) in [5.74, 6) is 0. The van der Waals surface area contributed by atoms with E-state index in [0.29, 0.717) is 0 Å². The fourth-order valence-corrected chi connectivity index (χ4v) is 7.27. The van der Waals surface area contributed by atoms with Gasteiger partial charge in [0.05, 0.1) is 5.69 Å². The molecule has 0 N–H and O–H groups in total. The number of nitrogens with zero attached hydrogens (tertiary/aromatic N) is 1. The Morgan fingerprint density at radius 3 is 2.06 bits per heavy atom. The molecule has 0 radical (unpaired) electrons. The summed E-state index contributed by atoms with van der Waals surface area (Å²) >= 11 is 0. The first-order valence-corrected chi connectivity index (χ1v) is 15.9. The molecule has 3 nitrogen and oxygen atoms in total. The highest BCUT2D eigenvalue weighted by Crippen LogP contribution is 2.44. The van der Waals surface area contributed by atoms with E-state index in [4.69, 9.17) is 8.83 Å². The molecule has 0 atom stereocenters. The second-order valence-corrected chi connectivity index (χ2v) is 12.1. The first-order valence-electron chi connectivity index (χ1n) is 15.9. The molecule has 0 saturated carbocycles. The number of furan rings is 2. The predicted molar refractivity (Wildman–Crippen MR) is 196 cm³/mol. The molecule has 10 rings (SSSR count). The molecular formula is C44H27NO2. The highest BCUT2D eigenvalue weighted by atomic mass is 16.3. The van der Waals surface area contributed by atoms with Crippen molar-refractivity contribution in [3.63, 3.8) is 0 Å². The van der Waals surface area contributed by atoms with Crippen molar-refractivity contribution < 1.29 is 8.83 Å². The van der Waals surface area contributed by atoms with Gasteiger partial charge < -0.3 is 13.7 Å². The lowest BCUT2D eigenvalue weighted by atomic mass is 9.97. The quantitative estimate of drug-likeness (QED) is 0.201. The maximum absolute atomic E-state index is 6.51. The molecule has 47 heavy (non-hydrogen) atoms. The summed E-state index contributed by atoms with van der Waals surface area (Å²) in [4.78, 5) is 2.33. The summed E-state index contributed by atoms with van der Waals surface area (Å²) in [6.45, 7) is 0. The van der Waals surface area contributed by atoms with Crippen LogP contribution in [0.25, 0.3) is 76.5 Å². The first-order chi connectivity index (χ1) is 23.3. The van der Waals surface area contributed by atoms with Crippen LogP contribution in [0.5, 0.6) is 0 Å². The Labute approximate surface area is 270 Å². The minimum absolute atomic E-state index is 0.868. The van der Waals surface area contributed by atoms with Gasteiger partial charge in [0.1, 0.15) is 22.3 Å². The van der Waals surface area contributed by atoms with Crippen LogP contribution in [0.2, 0.25) is 0 Å². The molecule has 0 aliphatic carbocycles. The molecule has 0 amide bonds. The second-order valence-electron chi connectivity index (χ2n) is 12.1. The minimum Gasteiger partial charge on any atom is -0.456 e. The van der Waals surface area contributed by atoms with Gasteiger partial charge in [0, 0.05) is 49.9 Å². The minimum atomic E-state index is 0.868. The topological polar surface area (TPSA) is 29.5 Å². The summed E-state index contributed by atoms with van der Waals surface area (Å²) in [6.07, 6.45) is 0. The molecule has 0 aliphatic rings. The molecule has 0 aliphatic heterocycles. The van der Waals surface area contributed by atoms with Crippen LogP contribution < -0.4 is 4.90 Å². The third-order valence-corrected chi connectivity index (χ3v) is 9.43. The standard InChI is InChI=1S/C44H27NO2/c1-2-11-31(12-3-1)45(32-21-24-38-42(27-32)46-41-25-20-28-10-4-5-14-34(28)43(38)41)39-16-8-6-13-33(39)29-18-22-35-30(26-29)19-23-37-36-15-7-9-17-40(36)47-44(35)37/h1-27H. The van der Waals surface area contributed by atoms with E-state index in [2.05, 4.69) is 157 Å². The highest BCUT2D eigenvalue weighted by molar-refractivity contribution is 6.19. The highest BCUT2D eigenvalue weighted by Gasteiger charge is 2.20. The summed E-state index contributed by atoms with van der Waals surface area (Å²) < 4.78 is 12.9. The molecule has 2 aromatic heterocycles. The number of benzene rings is 8. The van der Waals surface area contributed by atoms with Crippen molar-refractivity contribution >= 4 is 82.5 Å². The van der Waals surface area contributed by atoms with E-state index in [1.807, 2.05) is 12.1 Å². The van der Waals surface area contributed by atoms with Gasteiger partial charge in [-0.2, -0.15) is 0 Å². The van der Waals surface area contributed by atoms with E-state index < -0.39 is 0 Å². The molecule has 8 aromatic carbocycles. The maximum atomic E-state index is 6.51. The number of hydrogen-bond donors (Lipinski definition) is 0. The van der Waals surface area contributed by atoms with Gasteiger partial charge in [-0.15, -0.1) is 0 Å². The van der Waals surface area contributed by atoms with Gasteiger partial charge in [0.25, 0.3) is 0 Å². The van der Waals surface area contributed by atoms with Crippen molar-refractivity contribution in [2.24, 2.45) is 0 Å². The molecule has 0 unspecified atom stereocenters. The van der Waals surface area contributed by atoms with Gasteiger partial charge in [-0.05, 0) is 82.4 Å². The molecule has 0 saturated heterocycles. The van der Waals surface area contributed by atoms with E-state index in [9.17, 15) is 0 Å². The number of fused-ring (bicyclic) bond motifs is 10. The van der Waals surface area contributed by atoms with Crippen molar-refractivity contribution in [1.82, 2.24) is 0 Å². The van der Waals surface area contributed by atoms with E-state index in [-0.39, 0.29) is 0 Å². The maximum Gasteiger partial charge on any atom is 0.143 e. The number of hydrogen-bond acceptors (Lipinski definition) is 3. The molecule has 0 fully saturated rings. The average Bonchev–Trinajstić information content (AvgIpc) is 3.71. The lowest BCUT2D eigenvalue weighted by Crippen LogP contribution is -2.11. The van der Waals surface area contributed by atoms with E-state index in [1.54, 1.807) is 0 Å². The van der Waals surface area contributed by atoms with E-state index in [0.717, 1.165) is 82.8 Å². The monoisotopic (exact) mass is 601 g/mol. The number of anilines is 3. The Kier molecular flexibility index (Phi) is 5.57. The third kappa shape index (κ3) is 4.00. The van der Waals surface area contributed by atoms with Crippen LogP contribution in [0.3, 0.4) is 0 Å². The molecule has 10 aromatic rings. The number of rotatable bonds is 4. The van der Waals surface area contributed by atoms with Crippen LogP contribution >= 0.6 is 0 Å². The normalized spacial score (nSPS) is 11.8. The Balaban J connectivity index is 1.16. The smallest absolute Gasteiger partial charge is 0.143 e. The Morgan fingerprint density at radius 2 is 1.13 bits per heavy atom. The van der Waals surface area contributed by atoms with Gasteiger partial charge in [-0.3, -0.25) is 0 Å². The molecule has 0 spiro atoms. The third-order valence-electron chi connectivity index (χ3n) is 9.43.